The van der Waals surface area contributed by atoms with E-state index in [4.69, 9.17) is 27.9 Å². The summed E-state index contributed by atoms with van der Waals surface area (Å²) in [5.41, 5.74) is 2.65. The standard InChI is InChI=1S/C26H20Cl2N2O4/c1-2-16-6-9-20(10-7-16)30-25(32)21(24(31)29-26(30)33)13-17-8-11-23(22(28)14-17)34-15-18-4-3-5-19(27)12-18/h3-14H,2,15H2,1H3,(H,29,31,33)/b21-13+. The van der Waals surface area contributed by atoms with Crippen LogP contribution in [-0.4, -0.2) is 17.8 Å². The van der Waals surface area contributed by atoms with Gasteiger partial charge in [0.25, 0.3) is 11.8 Å². The molecule has 3 aromatic rings. The normalized spacial score (nSPS) is 15.0. The highest BCUT2D eigenvalue weighted by molar-refractivity contribution is 6.39. The Morgan fingerprint density at radius 3 is 2.38 bits per heavy atom. The molecule has 0 aromatic heterocycles. The molecule has 1 saturated heterocycles. The molecular formula is C26H20Cl2N2O4. The van der Waals surface area contributed by atoms with Crippen LogP contribution in [0.1, 0.15) is 23.6 Å². The van der Waals surface area contributed by atoms with Gasteiger partial charge in [0.05, 0.1) is 10.7 Å². The lowest BCUT2D eigenvalue weighted by atomic mass is 10.1. The highest BCUT2D eigenvalue weighted by Crippen LogP contribution is 2.29. The molecule has 1 aliphatic heterocycles. The average molecular weight is 495 g/mol. The van der Waals surface area contributed by atoms with E-state index < -0.39 is 17.8 Å². The monoisotopic (exact) mass is 494 g/mol. The number of hydrogen-bond acceptors (Lipinski definition) is 4. The van der Waals surface area contributed by atoms with Crippen molar-refractivity contribution in [2.45, 2.75) is 20.0 Å². The molecular weight excluding hydrogens is 475 g/mol. The third kappa shape index (κ3) is 5.14. The second-order valence-corrected chi connectivity index (χ2v) is 8.43. The van der Waals surface area contributed by atoms with Gasteiger partial charge in [0.15, 0.2) is 0 Å². The second-order valence-electron chi connectivity index (χ2n) is 7.59. The first-order valence-electron chi connectivity index (χ1n) is 10.5. The maximum atomic E-state index is 13.1. The number of halogens is 2. The van der Waals surface area contributed by atoms with Crippen molar-refractivity contribution in [1.29, 1.82) is 0 Å². The third-order valence-electron chi connectivity index (χ3n) is 5.25. The van der Waals surface area contributed by atoms with Crippen molar-refractivity contribution in [3.8, 4) is 5.75 Å². The summed E-state index contributed by atoms with van der Waals surface area (Å²) in [4.78, 5) is 38.8. The molecule has 0 unspecified atom stereocenters. The smallest absolute Gasteiger partial charge is 0.335 e. The molecule has 0 spiro atoms. The van der Waals surface area contributed by atoms with Crippen LogP contribution < -0.4 is 15.0 Å². The number of urea groups is 1. The molecule has 3 aromatic carbocycles. The van der Waals surface area contributed by atoms with Gasteiger partial charge in [-0.3, -0.25) is 14.9 Å². The van der Waals surface area contributed by atoms with E-state index in [2.05, 4.69) is 5.32 Å². The van der Waals surface area contributed by atoms with Gasteiger partial charge in [-0.1, -0.05) is 60.5 Å². The van der Waals surface area contributed by atoms with Gasteiger partial charge in [-0.15, -0.1) is 0 Å². The number of imide groups is 2. The highest BCUT2D eigenvalue weighted by Gasteiger charge is 2.36. The minimum Gasteiger partial charge on any atom is -0.487 e. The molecule has 172 valence electrons. The zero-order valence-corrected chi connectivity index (χ0v) is 19.7. The van der Waals surface area contributed by atoms with Crippen LogP contribution in [0, 0.1) is 0 Å². The van der Waals surface area contributed by atoms with Gasteiger partial charge < -0.3 is 4.74 Å². The average Bonchev–Trinajstić information content (AvgIpc) is 2.81. The number of barbiturate groups is 1. The maximum absolute atomic E-state index is 13.1. The number of ether oxygens (including phenoxy) is 1. The first kappa shape index (κ1) is 23.5. The number of nitrogens with one attached hydrogen (secondary N) is 1. The number of nitrogens with zero attached hydrogens (tertiary/aromatic N) is 1. The van der Waals surface area contributed by atoms with E-state index in [1.165, 1.54) is 6.08 Å². The lowest BCUT2D eigenvalue weighted by Crippen LogP contribution is -2.54. The van der Waals surface area contributed by atoms with Gasteiger partial charge in [-0.05, 0) is 65.6 Å². The molecule has 1 fully saturated rings. The lowest BCUT2D eigenvalue weighted by molar-refractivity contribution is -0.122. The minimum atomic E-state index is -0.792. The molecule has 0 aliphatic carbocycles. The molecule has 8 heteroatoms. The Morgan fingerprint density at radius 1 is 0.941 bits per heavy atom. The molecule has 1 N–H and O–H groups in total. The number of amides is 4. The van der Waals surface area contributed by atoms with Gasteiger partial charge in [0.1, 0.15) is 17.9 Å². The summed E-state index contributed by atoms with van der Waals surface area (Å²) in [5.74, 6) is -1.04. The number of rotatable bonds is 6. The van der Waals surface area contributed by atoms with Crippen molar-refractivity contribution in [2.75, 3.05) is 4.90 Å². The molecule has 0 radical (unpaired) electrons. The Kier molecular flexibility index (Phi) is 7.01. The molecule has 34 heavy (non-hydrogen) atoms. The molecule has 0 atom stereocenters. The largest absolute Gasteiger partial charge is 0.487 e. The van der Waals surface area contributed by atoms with Crippen molar-refractivity contribution in [1.82, 2.24) is 5.32 Å². The molecule has 6 nitrogen and oxygen atoms in total. The zero-order chi connectivity index (χ0) is 24.2. The molecule has 4 amide bonds. The third-order valence-corrected chi connectivity index (χ3v) is 5.79. The van der Waals surface area contributed by atoms with Crippen molar-refractivity contribution in [3.05, 3.63) is 99.0 Å². The van der Waals surface area contributed by atoms with E-state index in [1.54, 1.807) is 42.5 Å². The van der Waals surface area contributed by atoms with Crippen LogP contribution >= 0.6 is 23.2 Å². The van der Waals surface area contributed by atoms with Gasteiger partial charge in [0.2, 0.25) is 0 Å². The quantitative estimate of drug-likeness (QED) is 0.347. The van der Waals surface area contributed by atoms with Gasteiger partial charge in [-0.25, -0.2) is 9.69 Å². The van der Waals surface area contributed by atoms with Crippen molar-refractivity contribution in [3.63, 3.8) is 0 Å². The Labute approximate surface area is 206 Å². The molecule has 4 rings (SSSR count). The van der Waals surface area contributed by atoms with E-state index in [1.807, 2.05) is 31.2 Å². The zero-order valence-electron chi connectivity index (χ0n) is 18.2. The van der Waals surface area contributed by atoms with Crippen LogP contribution in [0.15, 0.2) is 72.3 Å². The lowest BCUT2D eigenvalue weighted by Gasteiger charge is -2.26. The van der Waals surface area contributed by atoms with E-state index >= 15 is 0 Å². The summed E-state index contributed by atoms with van der Waals surface area (Å²) in [6.45, 7) is 2.28. The number of benzene rings is 3. The Balaban J connectivity index is 1.55. The first-order valence-corrected chi connectivity index (χ1v) is 11.3. The SMILES string of the molecule is CCc1ccc(N2C(=O)NC(=O)/C(=C\c3ccc(OCc4cccc(Cl)c4)c(Cl)c3)C2=O)cc1. The fourth-order valence-electron chi connectivity index (χ4n) is 3.45. The maximum Gasteiger partial charge on any atom is 0.335 e. The van der Waals surface area contributed by atoms with E-state index in [-0.39, 0.29) is 12.2 Å². The van der Waals surface area contributed by atoms with Crippen LogP contribution in [0.5, 0.6) is 5.75 Å². The number of anilines is 1. The van der Waals surface area contributed by atoms with Crippen LogP contribution in [0.3, 0.4) is 0 Å². The summed E-state index contributed by atoms with van der Waals surface area (Å²) in [5, 5.41) is 3.13. The summed E-state index contributed by atoms with van der Waals surface area (Å²) in [6, 6.07) is 18.4. The highest BCUT2D eigenvalue weighted by atomic mass is 35.5. The fraction of sp³-hybridized carbons (Fsp3) is 0.115. The number of carbonyl (C=O) groups is 3. The molecule has 1 heterocycles. The predicted molar refractivity (Wildman–Crippen MR) is 132 cm³/mol. The topological polar surface area (TPSA) is 75.7 Å². The van der Waals surface area contributed by atoms with Crippen LogP contribution in [0.25, 0.3) is 6.08 Å². The predicted octanol–water partition coefficient (Wildman–Crippen LogP) is 5.80. The Hall–Kier alpha value is -3.61. The van der Waals surface area contributed by atoms with Crippen molar-refractivity contribution in [2.24, 2.45) is 0 Å². The van der Waals surface area contributed by atoms with Gasteiger partial charge >= 0.3 is 6.03 Å². The van der Waals surface area contributed by atoms with Crippen molar-refractivity contribution >= 4 is 52.8 Å². The van der Waals surface area contributed by atoms with Gasteiger partial charge in [0, 0.05) is 5.02 Å². The van der Waals surface area contributed by atoms with Crippen LogP contribution in [0.2, 0.25) is 10.0 Å². The van der Waals surface area contributed by atoms with Crippen LogP contribution in [0.4, 0.5) is 10.5 Å². The minimum absolute atomic E-state index is 0.178. The van der Waals surface area contributed by atoms with Crippen molar-refractivity contribution < 1.29 is 19.1 Å². The second kappa shape index (κ2) is 10.1. The summed E-state index contributed by atoms with van der Waals surface area (Å²) in [6.07, 6.45) is 2.22. The molecule has 0 saturated carbocycles. The summed E-state index contributed by atoms with van der Waals surface area (Å²) >= 11 is 12.4. The van der Waals surface area contributed by atoms with E-state index in [0.29, 0.717) is 27.0 Å². The van der Waals surface area contributed by atoms with Crippen LogP contribution in [-0.2, 0) is 22.6 Å². The first-order chi connectivity index (χ1) is 16.4. The Morgan fingerprint density at radius 2 is 1.71 bits per heavy atom. The number of carbonyl (C=O) groups excluding carboxylic acids is 3. The van der Waals surface area contributed by atoms with Gasteiger partial charge in [-0.2, -0.15) is 0 Å². The van der Waals surface area contributed by atoms with E-state index in [9.17, 15) is 14.4 Å². The molecule has 0 bridgehead atoms. The summed E-state index contributed by atoms with van der Waals surface area (Å²) < 4.78 is 5.76. The number of aryl methyl sites for hydroxylation is 1. The fourth-order valence-corrected chi connectivity index (χ4v) is 3.91. The Bertz CT molecular complexity index is 1300. The van der Waals surface area contributed by atoms with E-state index in [0.717, 1.165) is 22.4 Å². The molecule has 1 aliphatic rings. The number of hydrogen-bond donors (Lipinski definition) is 1. The summed E-state index contributed by atoms with van der Waals surface area (Å²) in [7, 11) is 0.